The molecule has 0 atom stereocenters. The second-order valence-electron chi connectivity index (χ2n) is 4.47. The predicted molar refractivity (Wildman–Crippen MR) is 80.9 cm³/mol. The van der Waals surface area contributed by atoms with E-state index in [1.54, 1.807) is 18.2 Å². The van der Waals surface area contributed by atoms with Crippen molar-refractivity contribution in [3.8, 4) is 11.8 Å². The van der Waals surface area contributed by atoms with E-state index in [0.29, 0.717) is 5.69 Å². The van der Waals surface area contributed by atoms with E-state index in [-0.39, 0.29) is 5.56 Å². The van der Waals surface area contributed by atoms with Crippen molar-refractivity contribution < 1.29 is 0 Å². The number of nitriles is 1. The van der Waals surface area contributed by atoms with Crippen molar-refractivity contribution in [1.29, 1.82) is 5.26 Å². The lowest BCUT2D eigenvalue weighted by atomic mass is 10.2. The fourth-order valence-electron chi connectivity index (χ4n) is 2.16. The summed E-state index contributed by atoms with van der Waals surface area (Å²) in [5.41, 5.74) is 0.334. The molecule has 2 aromatic rings. The van der Waals surface area contributed by atoms with E-state index in [4.69, 9.17) is 5.26 Å². The lowest BCUT2D eigenvalue weighted by molar-refractivity contribution is 0.862. The number of nitrogens with one attached hydrogen (secondary N) is 1. The molecule has 2 rings (SSSR count). The summed E-state index contributed by atoms with van der Waals surface area (Å²) < 4.78 is 1.26. The largest absolute Gasteiger partial charge is 0.372 e. The molecule has 0 aliphatic heterocycles. The van der Waals surface area contributed by atoms with Gasteiger partial charge in [0.15, 0.2) is 0 Å². The van der Waals surface area contributed by atoms with Crippen molar-refractivity contribution >= 4 is 5.69 Å². The molecular formula is C15H16N4O2. The van der Waals surface area contributed by atoms with E-state index in [1.165, 1.54) is 10.8 Å². The number of nitrogens with zero attached hydrogens (tertiary/aromatic N) is 3. The second kappa shape index (κ2) is 6.09. The Hall–Kier alpha value is -2.81. The monoisotopic (exact) mass is 284 g/mol. The number of aromatic amines is 1. The third-order valence-corrected chi connectivity index (χ3v) is 3.32. The molecule has 1 heterocycles. The molecule has 0 fully saturated rings. The van der Waals surface area contributed by atoms with Gasteiger partial charge < -0.3 is 4.90 Å². The van der Waals surface area contributed by atoms with Crippen LogP contribution in [0.25, 0.3) is 5.69 Å². The molecule has 1 aromatic heterocycles. The number of aromatic nitrogens is 2. The van der Waals surface area contributed by atoms with Crippen LogP contribution in [-0.4, -0.2) is 22.6 Å². The molecule has 0 saturated heterocycles. The molecule has 6 nitrogen and oxygen atoms in total. The Morgan fingerprint density at radius 3 is 2.33 bits per heavy atom. The van der Waals surface area contributed by atoms with Crippen LogP contribution in [0, 0.1) is 11.3 Å². The minimum atomic E-state index is -0.668. The van der Waals surface area contributed by atoms with Crippen LogP contribution in [-0.2, 0) is 0 Å². The molecule has 0 amide bonds. The van der Waals surface area contributed by atoms with E-state index < -0.39 is 11.2 Å². The minimum Gasteiger partial charge on any atom is -0.372 e. The van der Waals surface area contributed by atoms with Crippen LogP contribution in [0.1, 0.15) is 19.4 Å². The van der Waals surface area contributed by atoms with Gasteiger partial charge in [-0.1, -0.05) is 0 Å². The summed E-state index contributed by atoms with van der Waals surface area (Å²) in [5, 5.41) is 8.87. The van der Waals surface area contributed by atoms with Crippen molar-refractivity contribution in [3.63, 3.8) is 0 Å². The number of rotatable bonds is 4. The topological polar surface area (TPSA) is 81.9 Å². The minimum absolute atomic E-state index is 0.0950. The normalized spacial score (nSPS) is 10.1. The number of H-pyrrole nitrogens is 1. The maximum Gasteiger partial charge on any atom is 0.332 e. The van der Waals surface area contributed by atoms with Gasteiger partial charge in [-0.05, 0) is 38.1 Å². The van der Waals surface area contributed by atoms with Crippen LogP contribution >= 0.6 is 0 Å². The van der Waals surface area contributed by atoms with Crippen LogP contribution in [0.15, 0.2) is 40.1 Å². The maximum atomic E-state index is 11.8. The standard InChI is InChI=1S/C15H16N4O2/c1-3-18(4-2)12-5-7-13(8-6-12)19-10-11(9-16)14(20)17-15(19)21/h5-8,10H,3-4H2,1-2H3,(H,17,20,21). The third kappa shape index (κ3) is 2.87. The van der Waals surface area contributed by atoms with Gasteiger partial charge in [0, 0.05) is 25.0 Å². The second-order valence-corrected chi connectivity index (χ2v) is 4.47. The summed E-state index contributed by atoms with van der Waals surface area (Å²) >= 11 is 0. The Morgan fingerprint density at radius 1 is 1.19 bits per heavy atom. The molecule has 1 N–H and O–H groups in total. The van der Waals surface area contributed by atoms with Crippen LogP contribution in [0.4, 0.5) is 5.69 Å². The van der Waals surface area contributed by atoms with Gasteiger partial charge in [-0.3, -0.25) is 14.3 Å². The van der Waals surface area contributed by atoms with Crippen LogP contribution in [0.5, 0.6) is 0 Å². The van der Waals surface area contributed by atoms with Crippen molar-refractivity contribution in [2.45, 2.75) is 13.8 Å². The zero-order valence-electron chi connectivity index (χ0n) is 12.0. The number of hydrogen-bond acceptors (Lipinski definition) is 4. The van der Waals surface area contributed by atoms with Crippen molar-refractivity contribution in [2.24, 2.45) is 0 Å². The van der Waals surface area contributed by atoms with Crippen molar-refractivity contribution in [3.05, 3.63) is 56.9 Å². The predicted octanol–water partition coefficient (Wildman–Crippen LogP) is 1.24. The average molecular weight is 284 g/mol. The molecule has 0 spiro atoms. The van der Waals surface area contributed by atoms with E-state index in [0.717, 1.165) is 18.8 Å². The van der Waals surface area contributed by atoms with Crippen LogP contribution in [0.2, 0.25) is 0 Å². The number of anilines is 1. The van der Waals surface area contributed by atoms with Crippen LogP contribution < -0.4 is 16.1 Å². The first-order valence-electron chi connectivity index (χ1n) is 6.72. The van der Waals surface area contributed by atoms with Gasteiger partial charge in [0.05, 0.1) is 5.69 Å². The Kier molecular flexibility index (Phi) is 4.24. The Morgan fingerprint density at radius 2 is 1.81 bits per heavy atom. The SMILES string of the molecule is CCN(CC)c1ccc(-n2cc(C#N)c(=O)[nH]c2=O)cc1. The molecular weight excluding hydrogens is 268 g/mol. The Labute approximate surface area is 121 Å². The highest BCUT2D eigenvalue weighted by atomic mass is 16.2. The number of hydrogen-bond donors (Lipinski definition) is 1. The van der Waals surface area contributed by atoms with Gasteiger partial charge >= 0.3 is 5.69 Å². The van der Waals surface area contributed by atoms with Crippen molar-refractivity contribution in [1.82, 2.24) is 9.55 Å². The van der Waals surface area contributed by atoms with Gasteiger partial charge in [0.2, 0.25) is 0 Å². The molecule has 1 aromatic carbocycles. The Bertz CT molecular complexity index is 777. The fourth-order valence-corrected chi connectivity index (χ4v) is 2.16. The van der Waals surface area contributed by atoms with Gasteiger partial charge in [-0.2, -0.15) is 5.26 Å². The van der Waals surface area contributed by atoms with Crippen LogP contribution in [0.3, 0.4) is 0 Å². The van der Waals surface area contributed by atoms with Gasteiger partial charge in [-0.15, -0.1) is 0 Å². The molecule has 108 valence electrons. The van der Waals surface area contributed by atoms with E-state index in [9.17, 15) is 9.59 Å². The third-order valence-electron chi connectivity index (χ3n) is 3.32. The molecule has 0 unspecified atom stereocenters. The summed E-state index contributed by atoms with van der Waals surface area (Å²) in [6.45, 7) is 5.94. The number of benzene rings is 1. The highest BCUT2D eigenvalue weighted by molar-refractivity contribution is 5.51. The van der Waals surface area contributed by atoms with E-state index >= 15 is 0 Å². The molecule has 0 saturated carbocycles. The van der Waals surface area contributed by atoms with Crippen molar-refractivity contribution in [2.75, 3.05) is 18.0 Å². The molecule has 0 aliphatic rings. The zero-order chi connectivity index (χ0) is 15.4. The van der Waals surface area contributed by atoms with E-state index in [1.807, 2.05) is 12.1 Å². The fraction of sp³-hybridized carbons (Fsp3) is 0.267. The summed E-state index contributed by atoms with van der Waals surface area (Å²) in [6, 6.07) is 9.16. The first-order chi connectivity index (χ1) is 10.1. The van der Waals surface area contributed by atoms with E-state index in [2.05, 4.69) is 23.7 Å². The zero-order valence-corrected chi connectivity index (χ0v) is 12.0. The quantitative estimate of drug-likeness (QED) is 0.916. The molecule has 6 heteroatoms. The first kappa shape index (κ1) is 14.6. The first-order valence-corrected chi connectivity index (χ1v) is 6.72. The average Bonchev–Trinajstić information content (AvgIpc) is 2.50. The van der Waals surface area contributed by atoms with Gasteiger partial charge in [0.1, 0.15) is 11.6 Å². The summed E-state index contributed by atoms with van der Waals surface area (Å²) in [4.78, 5) is 27.5. The molecule has 0 bridgehead atoms. The molecule has 0 radical (unpaired) electrons. The maximum absolute atomic E-state index is 11.8. The summed E-state index contributed by atoms with van der Waals surface area (Å²) in [5.74, 6) is 0. The molecule has 21 heavy (non-hydrogen) atoms. The smallest absolute Gasteiger partial charge is 0.332 e. The Balaban J connectivity index is 2.47. The lowest BCUT2D eigenvalue weighted by Crippen LogP contribution is -2.30. The highest BCUT2D eigenvalue weighted by Crippen LogP contribution is 2.16. The van der Waals surface area contributed by atoms with Gasteiger partial charge in [0.25, 0.3) is 5.56 Å². The summed E-state index contributed by atoms with van der Waals surface area (Å²) in [6.07, 6.45) is 1.26. The van der Waals surface area contributed by atoms with Gasteiger partial charge in [-0.25, -0.2) is 4.79 Å². The summed E-state index contributed by atoms with van der Waals surface area (Å²) in [7, 11) is 0. The highest BCUT2D eigenvalue weighted by Gasteiger charge is 2.07. The lowest BCUT2D eigenvalue weighted by Gasteiger charge is -2.21. The molecule has 0 aliphatic carbocycles.